The number of benzene rings is 2. The summed E-state index contributed by atoms with van der Waals surface area (Å²) in [5.74, 6) is -0.762. The van der Waals surface area contributed by atoms with Crippen molar-refractivity contribution in [3.8, 4) is 17.2 Å². The van der Waals surface area contributed by atoms with Gasteiger partial charge in [-0.25, -0.2) is 0 Å². The lowest BCUT2D eigenvalue weighted by molar-refractivity contribution is -0.189. The standard InChI is InChI=1S/C22H18F3NO3/c23-22(24,25)21(28)26-13-8-9-14(26)11-12(10-13)19-15-4-1-2-7-18(15)29-20-16(19)5-3-6-17(20)27/h1-7,13-14,27H,8-11H2. The fraction of sp³-hybridized carbons (Fsp3) is 0.318. The maximum absolute atomic E-state index is 13.1. The molecular formula is C22H18F3NO3. The van der Waals surface area contributed by atoms with Gasteiger partial charge in [0.15, 0.2) is 11.5 Å². The summed E-state index contributed by atoms with van der Waals surface area (Å²) in [5.41, 5.74) is 3.49. The first-order valence-electron chi connectivity index (χ1n) is 9.55. The lowest BCUT2D eigenvalue weighted by Gasteiger charge is -2.38. The summed E-state index contributed by atoms with van der Waals surface area (Å²) in [6.45, 7) is 0. The number of rotatable bonds is 0. The highest BCUT2D eigenvalue weighted by Gasteiger charge is 2.51. The number of hydrogen-bond acceptors (Lipinski definition) is 3. The molecule has 0 spiro atoms. The number of amides is 1. The number of halogens is 3. The monoisotopic (exact) mass is 401 g/mol. The first-order chi connectivity index (χ1) is 13.8. The maximum atomic E-state index is 13.1. The molecule has 2 bridgehead atoms. The van der Waals surface area contributed by atoms with E-state index in [9.17, 15) is 23.1 Å². The van der Waals surface area contributed by atoms with Crippen LogP contribution in [0.3, 0.4) is 0 Å². The van der Waals surface area contributed by atoms with Gasteiger partial charge in [-0.3, -0.25) is 4.79 Å². The molecule has 3 heterocycles. The van der Waals surface area contributed by atoms with Crippen molar-refractivity contribution >= 4 is 11.5 Å². The fourth-order valence-electron chi connectivity index (χ4n) is 4.92. The number of hydrogen-bond donors (Lipinski definition) is 1. The molecule has 2 aromatic carbocycles. The number of ether oxygens (including phenoxy) is 1. The molecule has 150 valence electrons. The van der Waals surface area contributed by atoms with Crippen LogP contribution in [0, 0.1) is 0 Å². The van der Waals surface area contributed by atoms with Crippen molar-refractivity contribution in [2.24, 2.45) is 0 Å². The van der Waals surface area contributed by atoms with Crippen molar-refractivity contribution in [1.82, 2.24) is 4.90 Å². The van der Waals surface area contributed by atoms with Gasteiger partial charge < -0.3 is 14.7 Å². The van der Waals surface area contributed by atoms with Gasteiger partial charge in [-0.1, -0.05) is 35.9 Å². The molecule has 3 aliphatic heterocycles. The summed E-state index contributed by atoms with van der Waals surface area (Å²) >= 11 is 0. The summed E-state index contributed by atoms with van der Waals surface area (Å²) in [6, 6.07) is 11.6. The molecule has 0 aliphatic carbocycles. The molecule has 4 nitrogen and oxygen atoms in total. The van der Waals surface area contributed by atoms with Crippen LogP contribution in [0.2, 0.25) is 0 Å². The minimum Gasteiger partial charge on any atom is -0.504 e. The zero-order valence-corrected chi connectivity index (χ0v) is 15.4. The Bertz CT molecular complexity index is 1030. The van der Waals surface area contributed by atoms with E-state index in [0.29, 0.717) is 37.2 Å². The van der Waals surface area contributed by atoms with Gasteiger partial charge in [-0.05, 0) is 43.4 Å². The topological polar surface area (TPSA) is 49.8 Å². The lowest BCUT2D eigenvalue weighted by Crippen LogP contribution is -2.50. The van der Waals surface area contributed by atoms with Crippen molar-refractivity contribution in [3.05, 3.63) is 59.2 Å². The first-order valence-corrected chi connectivity index (χ1v) is 9.55. The van der Waals surface area contributed by atoms with Crippen molar-refractivity contribution in [3.63, 3.8) is 0 Å². The summed E-state index contributed by atoms with van der Waals surface area (Å²) in [6.07, 6.45) is -2.95. The van der Waals surface area contributed by atoms with Crippen molar-refractivity contribution in [2.45, 2.75) is 43.9 Å². The van der Waals surface area contributed by atoms with Crippen molar-refractivity contribution < 1.29 is 27.8 Å². The van der Waals surface area contributed by atoms with Gasteiger partial charge in [-0.15, -0.1) is 0 Å². The first kappa shape index (κ1) is 18.1. The Morgan fingerprint density at radius 3 is 2.34 bits per heavy atom. The number of para-hydroxylation sites is 2. The van der Waals surface area contributed by atoms with Crippen LogP contribution in [0.15, 0.2) is 48.0 Å². The Morgan fingerprint density at radius 2 is 1.66 bits per heavy atom. The molecule has 1 amide bonds. The van der Waals surface area contributed by atoms with Crippen LogP contribution in [0.4, 0.5) is 13.2 Å². The molecule has 29 heavy (non-hydrogen) atoms. The highest BCUT2D eigenvalue weighted by molar-refractivity contribution is 5.91. The Morgan fingerprint density at radius 1 is 1.00 bits per heavy atom. The smallest absolute Gasteiger partial charge is 0.471 e. The van der Waals surface area contributed by atoms with E-state index >= 15 is 0 Å². The number of phenols is 1. The van der Waals surface area contributed by atoms with E-state index < -0.39 is 24.2 Å². The number of aromatic hydroxyl groups is 1. The van der Waals surface area contributed by atoms with Crippen LogP contribution in [0.1, 0.15) is 36.8 Å². The molecule has 2 atom stereocenters. The maximum Gasteiger partial charge on any atom is 0.471 e. The van der Waals surface area contributed by atoms with E-state index in [1.807, 2.05) is 30.3 Å². The van der Waals surface area contributed by atoms with E-state index in [1.165, 1.54) is 0 Å². The minimum absolute atomic E-state index is 0.0164. The lowest BCUT2D eigenvalue weighted by atomic mass is 9.84. The molecule has 0 saturated carbocycles. The second-order valence-corrected chi connectivity index (χ2v) is 7.73. The molecule has 1 N–H and O–H groups in total. The Balaban J connectivity index is 1.62. The average molecular weight is 401 g/mol. The van der Waals surface area contributed by atoms with Gasteiger partial charge in [0, 0.05) is 23.2 Å². The third-order valence-electron chi connectivity index (χ3n) is 6.05. The van der Waals surface area contributed by atoms with Crippen LogP contribution in [-0.2, 0) is 4.79 Å². The van der Waals surface area contributed by atoms with Crippen LogP contribution in [0.25, 0.3) is 5.57 Å². The number of piperidine rings is 1. The third-order valence-corrected chi connectivity index (χ3v) is 6.05. The van der Waals surface area contributed by atoms with E-state index in [4.69, 9.17) is 4.74 Å². The Kier molecular flexibility index (Phi) is 3.91. The molecule has 0 aromatic heterocycles. The van der Waals surface area contributed by atoms with Gasteiger partial charge in [0.2, 0.25) is 0 Å². The van der Waals surface area contributed by atoms with E-state index in [2.05, 4.69) is 0 Å². The van der Waals surface area contributed by atoms with E-state index in [1.54, 1.807) is 12.1 Å². The molecule has 2 unspecified atom stereocenters. The number of carbonyl (C=O) groups is 1. The normalized spacial score (nSPS) is 22.8. The second-order valence-electron chi connectivity index (χ2n) is 7.73. The zero-order chi connectivity index (χ0) is 20.3. The zero-order valence-electron chi connectivity index (χ0n) is 15.4. The average Bonchev–Trinajstić information content (AvgIpc) is 2.94. The Labute approximate surface area is 165 Å². The molecule has 3 aliphatic rings. The highest BCUT2D eigenvalue weighted by atomic mass is 19.4. The Hall–Kier alpha value is -2.96. The molecule has 0 radical (unpaired) electrons. The molecule has 2 aromatic rings. The molecule has 2 saturated heterocycles. The van der Waals surface area contributed by atoms with Crippen LogP contribution in [-0.4, -0.2) is 34.2 Å². The van der Waals surface area contributed by atoms with Crippen LogP contribution in [0.5, 0.6) is 17.2 Å². The second kappa shape index (κ2) is 6.27. The minimum atomic E-state index is -4.85. The SMILES string of the molecule is O=C(N1C2CCC1CC(=C1c3ccccc3Oc3c(O)cccc31)C2)C(F)(F)F. The van der Waals surface area contributed by atoms with Crippen LogP contribution >= 0.6 is 0 Å². The van der Waals surface area contributed by atoms with Crippen molar-refractivity contribution in [2.75, 3.05) is 0 Å². The van der Waals surface area contributed by atoms with Gasteiger partial charge in [0.05, 0.1) is 0 Å². The van der Waals surface area contributed by atoms with Gasteiger partial charge >= 0.3 is 12.1 Å². The van der Waals surface area contributed by atoms with Crippen LogP contribution < -0.4 is 4.74 Å². The predicted octanol–water partition coefficient (Wildman–Crippen LogP) is 5.02. The summed E-state index contributed by atoms with van der Waals surface area (Å²) in [5, 5.41) is 10.3. The molecule has 2 fully saturated rings. The molecule has 7 heteroatoms. The largest absolute Gasteiger partial charge is 0.504 e. The highest BCUT2D eigenvalue weighted by Crippen LogP contribution is 2.52. The molecular weight excluding hydrogens is 383 g/mol. The van der Waals surface area contributed by atoms with E-state index in [-0.39, 0.29) is 5.75 Å². The predicted molar refractivity (Wildman–Crippen MR) is 99.6 cm³/mol. The fourth-order valence-corrected chi connectivity index (χ4v) is 4.92. The van der Waals surface area contributed by atoms with Crippen molar-refractivity contribution in [1.29, 1.82) is 0 Å². The summed E-state index contributed by atoms with van der Waals surface area (Å²) in [7, 11) is 0. The number of fused-ring (bicyclic) bond motifs is 4. The third kappa shape index (κ3) is 2.79. The van der Waals surface area contributed by atoms with Gasteiger partial charge in [-0.2, -0.15) is 13.2 Å². The number of nitrogens with zero attached hydrogens (tertiary/aromatic N) is 1. The quantitative estimate of drug-likeness (QED) is 0.576. The summed E-state index contributed by atoms with van der Waals surface area (Å²) < 4.78 is 45.1. The molecule has 5 rings (SSSR count). The van der Waals surface area contributed by atoms with E-state index in [0.717, 1.165) is 27.2 Å². The number of carbonyl (C=O) groups excluding carboxylic acids is 1. The summed E-state index contributed by atoms with van der Waals surface area (Å²) in [4.78, 5) is 13.0. The van der Waals surface area contributed by atoms with Gasteiger partial charge in [0.1, 0.15) is 5.75 Å². The number of phenolic OH excluding ortho intramolecular Hbond substituents is 1. The van der Waals surface area contributed by atoms with Gasteiger partial charge in [0.25, 0.3) is 0 Å². The number of alkyl halides is 3.